The molecule has 0 spiro atoms. The maximum Gasteiger partial charge on any atom is 0.338 e. The zero-order valence-electron chi connectivity index (χ0n) is 17.4. The Morgan fingerprint density at radius 2 is 1.75 bits per heavy atom. The summed E-state index contributed by atoms with van der Waals surface area (Å²) in [6.07, 6.45) is -4.79. The SMILES string of the molecule is CO[C@H]1[C@H](O[Si](C)(C)C(C)(C)C)[C@H](OC(=O)c2ccccc2)[C@@H](CO)O[C@@H]1O. The average molecular weight is 413 g/mol. The topological polar surface area (TPSA) is 94.5 Å². The number of esters is 1. The molecule has 5 atom stereocenters. The fourth-order valence-electron chi connectivity index (χ4n) is 2.85. The van der Waals surface area contributed by atoms with Gasteiger partial charge in [0, 0.05) is 7.11 Å². The molecule has 158 valence electrons. The minimum Gasteiger partial charge on any atom is -0.453 e. The van der Waals surface area contributed by atoms with Gasteiger partial charge in [-0.25, -0.2) is 4.79 Å². The summed E-state index contributed by atoms with van der Waals surface area (Å²) in [5, 5.41) is 20.0. The molecule has 0 radical (unpaired) electrons. The Balaban J connectivity index is 2.35. The van der Waals surface area contributed by atoms with Gasteiger partial charge in [0.2, 0.25) is 0 Å². The summed E-state index contributed by atoms with van der Waals surface area (Å²) < 4.78 is 23.1. The number of methoxy groups -OCH3 is 1. The van der Waals surface area contributed by atoms with Crippen LogP contribution < -0.4 is 0 Å². The van der Waals surface area contributed by atoms with Gasteiger partial charge in [0.15, 0.2) is 20.7 Å². The summed E-state index contributed by atoms with van der Waals surface area (Å²) in [5.74, 6) is -0.553. The van der Waals surface area contributed by atoms with Crippen LogP contribution in [0.3, 0.4) is 0 Å². The van der Waals surface area contributed by atoms with Crippen molar-refractivity contribution in [2.24, 2.45) is 0 Å². The van der Waals surface area contributed by atoms with Gasteiger partial charge in [0.1, 0.15) is 18.3 Å². The first-order chi connectivity index (χ1) is 13.0. The highest BCUT2D eigenvalue weighted by Crippen LogP contribution is 2.40. The molecular formula is C20H32O7Si. The third-order valence-corrected chi connectivity index (χ3v) is 10.0. The molecule has 1 fully saturated rings. The summed E-state index contributed by atoms with van der Waals surface area (Å²) in [7, 11) is -0.875. The van der Waals surface area contributed by atoms with Gasteiger partial charge in [0.05, 0.1) is 12.2 Å². The second-order valence-electron chi connectivity index (χ2n) is 8.53. The predicted octanol–water partition coefficient (Wildman–Crippen LogP) is 2.33. The van der Waals surface area contributed by atoms with Crippen LogP contribution in [0.2, 0.25) is 18.1 Å². The van der Waals surface area contributed by atoms with Crippen molar-refractivity contribution in [1.82, 2.24) is 0 Å². The van der Waals surface area contributed by atoms with Crippen molar-refractivity contribution < 1.29 is 33.6 Å². The monoisotopic (exact) mass is 412 g/mol. The van der Waals surface area contributed by atoms with Crippen LogP contribution in [0.5, 0.6) is 0 Å². The summed E-state index contributed by atoms with van der Waals surface area (Å²) in [5.41, 5.74) is 0.380. The van der Waals surface area contributed by atoms with Crippen LogP contribution in [0.25, 0.3) is 0 Å². The minimum absolute atomic E-state index is 0.114. The minimum atomic E-state index is -2.31. The molecule has 2 N–H and O–H groups in total. The van der Waals surface area contributed by atoms with E-state index < -0.39 is 51.6 Å². The van der Waals surface area contributed by atoms with E-state index >= 15 is 0 Å². The Bertz CT molecular complexity index is 644. The van der Waals surface area contributed by atoms with Gasteiger partial charge >= 0.3 is 5.97 Å². The predicted molar refractivity (Wildman–Crippen MR) is 106 cm³/mol. The van der Waals surface area contributed by atoms with Crippen LogP contribution in [-0.2, 0) is 18.6 Å². The number of benzene rings is 1. The molecule has 28 heavy (non-hydrogen) atoms. The van der Waals surface area contributed by atoms with E-state index in [1.54, 1.807) is 30.3 Å². The van der Waals surface area contributed by atoms with Crippen molar-refractivity contribution in [1.29, 1.82) is 0 Å². The molecule has 1 heterocycles. The molecular weight excluding hydrogens is 380 g/mol. The van der Waals surface area contributed by atoms with Crippen molar-refractivity contribution >= 4 is 14.3 Å². The number of ether oxygens (including phenoxy) is 3. The second-order valence-corrected chi connectivity index (χ2v) is 13.3. The lowest BCUT2D eigenvalue weighted by Crippen LogP contribution is -2.64. The number of aliphatic hydroxyl groups is 2. The number of hydrogen-bond acceptors (Lipinski definition) is 7. The largest absolute Gasteiger partial charge is 0.453 e. The molecule has 0 amide bonds. The maximum absolute atomic E-state index is 12.7. The van der Waals surface area contributed by atoms with Gasteiger partial charge in [-0.3, -0.25) is 0 Å². The van der Waals surface area contributed by atoms with Crippen LogP contribution in [0.15, 0.2) is 30.3 Å². The molecule has 1 saturated heterocycles. The lowest BCUT2D eigenvalue weighted by Gasteiger charge is -2.48. The fraction of sp³-hybridized carbons (Fsp3) is 0.650. The smallest absolute Gasteiger partial charge is 0.338 e. The van der Waals surface area contributed by atoms with Crippen molar-refractivity contribution in [2.75, 3.05) is 13.7 Å². The van der Waals surface area contributed by atoms with Crippen molar-refractivity contribution in [3.63, 3.8) is 0 Å². The molecule has 8 heteroatoms. The molecule has 2 rings (SSSR count). The van der Waals surface area contributed by atoms with Crippen LogP contribution in [0.4, 0.5) is 0 Å². The van der Waals surface area contributed by atoms with Gasteiger partial charge in [0.25, 0.3) is 0 Å². The van der Waals surface area contributed by atoms with Gasteiger partial charge in [-0.2, -0.15) is 0 Å². The van der Waals surface area contributed by atoms with E-state index in [1.165, 1.54) is 7.11 Å². The number of carbonyl (C=O) groups excluding carboxylic acids is 1. The third kappa shape index (κ3) is 5.00. The van der Waals surface area contributed by atoms with Crippen molar-refractivity contribution in [2.45, 2.75) is 69.6 Å². The summed E-state index contributed by atoms with van der Waals surface area (Å²) in [6.45, 7) is 9.96. The molecule has 0 bridgehead atoms. The summed E-state index contributed by atoms with van der Waals surface area (Å²) >= 11 is 0. The Labute approximate surface area is 167 Å². The molecule has 1 aliphatic rings. The quantitative estimate of drug-likeness (QED) is 0.547. The Kier molecular flexibility index (Phi) is 7.41. The fourth-order valence-corrected chi connectivity index (χ4v) is 4.15. The molecule has 1 aliphatic heterocycles. The van der Waals surface area contributed by atoms with Gasteiger partial charge in [-0.1, -0.05) is 39.0 Å². The summed E-state index contributed by atoms with van der Waals surface area (Å²) in [6, 6.07) is 8.57. The normalized spacial score (nSPS) is 28.8. The zero-order chi connectivity index (χ0) is 21.1. The van der Waals surface area contributed by atoms with Crippen molar-refractivity contribution in [3.05, 3.63) is 35.9 Å². The third-order valence-electron chi connectivity index (χ3n) is 5.55. The van der Waals surface area contributed by atoms with E-state index in [-0.39, 0.29) is 5.04 Å². The first kappa shape index (κ1) is 23.0. The van der Waals surface area contributed by atoms with E-state index in [2.05, 4.69) is 33.9 Å². The van der Waals surface area contributed by atoms with E-state index in [9.17, 15) is 15.0 Å². The molecule has 0 aromatic heterocycles. The van der Waals surface area contributed by atoms with E-state index in [0.717, 1.165) is 0 Å². The van der Waals surface area contributed by atoms with Crippen LogP contribution in [-0.4, -0.2) is 68.9 Å². The Morgan fingerprint density at radius 3 is 2.25 bits per heavy atom. The number of aliphatic hydroxyl groups excluding tert-OH is 2. The average Bonchev–Trinajstić information content (AvgIpc) is 2.63. The number of hydrogen-bond donors (Lipinski definition) is 2. The second kappa shape index (κ2) is 9.02. The zero-order valence-corrected chi connectivity index (χ0v) is 18.4. The van der Waals surface area contributed by atoms with E-state index in [4.69, 9.17) is 18.6 Å². The lowest BCUT2D eigenvalue weighted by atomic mass is 9.98. The molecule has 0 unspecified atom stereocenters. The Morgan fingerprint density at radius 1 is 1.14 bits per heavy atom. The first-order valence-electron chi connectivity index (χ1n) is 9.43. The highest BCUT2D eigenvalue weighted by atomic mass is 28.4. The molecule has 0 aliphatic carbocycles. The molecule has 0 saturated carbocycles. The van der Waals surface area contributed by atoms with E-state index in [0.29, 0.717) is 5.56 Å². The van der Waals surface area contributed by atoms with E-state index in [1.807, 2.05) is 0 Å². The molecule has 1 aromatic rings. The number of carbonyl (C=O) groups is 1. The van der Waals surface area contributed by atoms with Crippen LogP contribution in [0, 0.1) is 0 Å². The highest BCUT2D eigenvalue weighted by molar-refractivity contribution is 6.74. The number of rotatable bonds is 6. The van der Waals surface area contributed by atoms with Gasteiger partial charge < -0.3 is 28.8 Å². The van der Waals surface area contributed by atoms with Crippen LogP contribution >= 0.6 is 0 Å². The maximum atomic E-state index is 12.7. The first-order valence-corrected chi connectivity index (χ1v) is 12.3. The Hall–Kier alpha value is -1.29. The standard InChI is InChI=1S/C20H32O7Si/c1-20(2,3)28(5,6)27-16-15(14(12-21)25-19(23)17(16)24-4)26-18(22)13-10-8-7-9-11-13/h7-11,14-17,19,21,23H,12H2,1-6H3/t14-,15-,16-,17+,19+/m1/s1. The highest BCUT2D eigenvalue weighted by Gasteiger charge is 2.52. The van der Waals surface area contributed by atoms with Gasteiger partial charge in [-0.05, 0) is 30.3 Å². The molecule has 1 aromatic carbocycles. The molecule has 7 nitrogen and oxygen atoms in total. The van der Waals surface area contributed by atoms with Gasteiger partial charge in [-0.15, -0.1) is 0 Å². The van der Waals surface area contributed by atoms with Crippen LogP contribution in [0.1, 0.15) is 31.1 Å². The summed E-state index contributed by atoms with van der Waals surface area (Å²) in [4.78, 5) is 12.7. The lowest BCUT2D eigenvalue weighted by molar-refractivity contribution is -0.288. The van der Waals surface area contributed by atoms with Crippen molar-refractivity contribution in [3.8, 4) is 0 Å².